The van der Waals surface area contributed by atoms with Crippen LogP contribution in [0.5, 0.6) is 0 Å². The summed E-state index contributed by atoms with van der Waals surface area (Å²) in [6.45, 7) is 0. The van der Waals surface area contributed by atoms with Gasteiger partial charge in [-0.1, -0.05) is 18.2 Å². The maximum absolute atomic E-state index is 6.42. The Morgan fingerprint density at radius 1 is 1.32 bits per heavy atom. The monoisotopic (exact) mass is 256 g/mol. The van der Waals surface area contributed by atoms with Crippen molar-refractivity contribution >= 4 is 10.9 Å². The lowest BCUT2D eigenvalue weighted by Gasteiger charge is -2.42. The molecule has 3 rings (SSSR count). The van der Waals surface area contributed by atoms with Crippen molar-refractivity contribution in [3.8, 4) is 0 Å². The van der Waals surface area contributed by atoms with Crippen molar-refractivity contribution < 1.29 is 4.74 Å². The van der Waals surface area contributed by atoms with E-state index in [0.717, 1.165) is 30.2 Å². The summed E-state index contributed by atoms with van der Waals surface area (Å²) in [5.41, 5.74) is 8.61. The van der Waals surface area contributed by atoms with Crippen LogP contribution in [0.3, 0.4) is 0 Å². The molecule has 1 saturated carbocycles. The van der Waals surface area contributed by atoms with Gasteiger partial charge in [0.25, 0.3) is 0 Å². The zero-order valence-electron chi connectivity index (χ0n) is 11.3. The highest BCUT2D eigenvalue weighted by Gasteiger charge is 2.38. The summed E-state index contributed by atoms with van der Waals surface area (Å²) in [7, 11) is 1.80. The normalized spacial score (nSPS) is 19.1. The quantitative estimate of drug-likeness (QED) is 0.913. The highest BCUT2D eigenvalue weighted by Crippen LogP contribution is 2.41. The number of fused-ring (bicyclic) bond motifs is 1. The number of methoxy groups -OCH3 is 1. The first-order chi connectivity index (χ1) is 9.24. The predicted molar refractivity (Wildman–Crippen MR) is 76.9 cm³/mol. The van der Waals surface area contributed by atoms with Crippen LogP contribution in [0.25, 0.3) is 10.9 Å². The van der Waals surface area contributed by atoms with E-state index in [1.54, 1.807) is 7.11 Å². The summed E-state index contributed by atoms with van der Waals surface area (Å²) in [6, 6.07) is 10.2. The number of benzene rings is 1. The summed E-state index contributed by atoms with van der Waals surface area (Å²) in [5.74, 6) is 0. The molecule has 2 aromatic rings. The van der Waals surface area contributed by atoms with E-state index >= 15 is 0 Å². The summed E-state index contributed by atoms with van der Waals surface area (Å²) in [6.07, 6.45) is 6.20. The second-order valence-electron chi connectivity index (χ2n) is 5.47. The van der Waals surface area contributed by atoms with Gasteiger partial charge in [-0.05, 0) is 43.4 Å². The molecule has 0 saturated heterocycles. The molecule has 2 N–H and O–H groups in total. The highest BCUT2D eigenvalue weighted by atomic mass is 16.5. The van der Waals surface area contributed by atoms with Crippen LogP contribution in [0.15, 0.2) is 36.5 Å². The molecular formula is C16H20N2O. The Morgan fingerprint density at radius 2 is 2.16 bits per heavy atom. The number of nitrogens with two attached hydrogens (primary N) is 1. The lowest BCUT2D eigenvalue weighted by molar-refractivity contribution is -0.0816. The Balaban J connectivity index is 1.91. The first-order valence-corrected chi connectivity index (χ1v) is 6.88. The van der Waals surface area contributed by atoms with Gasteiger partial charge in [0.15, 0.2) is 0 Å². The Labute approximate surface area is 113 Å². The maximum Gasteiger partial charge on any atom is 0.0705 e. The van der Waals surface area contributed by atoms with Gasteiger partial charge in [0.1, 0.15) is 0 Å². The van der Waals surface area contributed by atoms with Gasteiger partial charge in [-0.3, -0.25) is 4.98 Å². The predicted octanol–water partition coefficient (Wildman–Crippen LogP) is 3.19. The second-order valence-corrected chi connectivity index (χ2v) is 5.47. The maximum atomic E-state index is 6.42. The lowest BCUT2D eigenvalue weighted by Crippen LogP contribution is -2.41. The van der Waals surface area contributed by atoms with Crippen molar-refractivity contribution in [2.45, 2.75) is 37.3 Å². The molecule has 0 amide bonds. The van der Waals surface area contributed by atoms with E-state index in [2.05, 4.69) is 17.1 Å². The fourth-order valence-corrected chi connectivity index (χ4v) is 3.02. The molecule has 0 aliphatic heterocycles. The molecule has 1 aliphatic carbocycles. The molecule has 1 unspecified atom stereocenters. The minimum atomic E-state index is 0.00376. The average Bonchev–Trinajstić information content (AvgIpc) is 2.42. The Kier molecular flexibility index (Phi) is 3.25. The van der Waals surface area contributed by atoms with Crippen LogP contribution < -0.4 is 5.73 Å². The SMILES string of the molecule is COC1(CC(N)c2cccc3ncccc23)CCC1. The molecule has 1 fully saturated rings. The molecule has 1 heterocycles. The number of aromatic nitrogens is 1. The lowest BCUT2D eigenvalue weighted by atomic mass is 9.74. The van der Waals surface area contributed by atoms with Crippen LogP contribution in [0.1, 0.15) is 37.3 Å². The van der Waals surface area contributed by atoms with Crippen molar-refractivity contribution in [3.63, 3.8) is 0 Å². The average molecular weight is 256 g/mol. The molecule has 3 nitrogen and oxygen atoms in total. The molecule has 0 spiro atoms. The topological polar surface area (TPSA) is 48.1 Å². The van der Waals surface area contributed by atoms with Gasteiger partial charge in [-0.2, -0.15) is 0 Å². The van der Waals surface area contributed by atoms with Crippen LogP contribution in [0.4, 0.5) is 0 Å². The third-order valence-electron chi connectivity index (χ3n) is 4.37. The molecule has 19 heavy (non-hydrogen) atoms. The van der Waals surface area contributed by atoms with Gasteiger partial charge in [-0.25, -0.2) is 0 Å². The van der Waals surface area contributed by atoms with Crippen LogP contribution in [-0.4, -0.2) is 17.7 Å². The fourth-order valence-electron chi connectivity index (χ4n) is 3.02. The van der Waals surface area contributed by atoms with E-state index in [4.69, 9.17) is 10.5 Å². The van der Waals surface area contributed by atoms with Gasteiger partial charge < -0.3 is 10.5 Å². The van der Waals surface area contributed by atoms with Crippen LogP contribution in [-0.2, 0) is 4.74 Å². The fraction of sp³-hybridized carbons (Fsp3) is 0.438. The zero-order valence-corrected chi connectivity index (χ0v) is 11.3. The van der Waals surface area contributed by atoms with Gasteiger partial charge in [0.2, 0.25) is 0 Å². The van der Waals surface area contributed by atoms with Gasteiger partial charge in [0, 0.05) is 24.7 Å². The number of hydrogen-bond acceptors (Lipinski definition) is 3. The minimum Gasteiger partial charge on any atom is -0.378 e. The van der Waals surface area contributed by atoms with Crippen molar-refractivity contribution in [1.82, 2.24) is 4.98 Å². The number of hydrogen-bond donors (Lipinski definition) is 1. The summed E-state index contributed by atoms with van der Waals surface area (Å²) < 4.78 is 5.68. The third-order valence-corrected chi connectivity index (χ3v) is 4.37. The summed E-state index contributed by atoms with van der Waals surface area (Å²) in [5, 5.41) is 1.16. The van der Waals surface area contributed by atoms with Gasteiger partial charge in [-0.15, -0.1) is 0 Å². The smallest absolute Gasteiger partial charge is 0.0705 e. The van der Waals surface area contributed by atoms with Crippen molar-refractivity contribution in [2.24, 2.45) is 5.73 Å². The standard InChI is InChI=1S/C16H20N2O/c1-19-16(8-4-9-16)11-14(17)12-5-2-7-15-13(12)6-3-10-18-15/h2-3,5-7,10,14H,4,8-9,11,17H2,1H3. The molecule has 100 valence electrons. The minimum absolute atomic E-state index is 0.00376. The highest BCUT2D eigenvalue weighted by molar-refractivity contribution is 5.82. The number of nitrogens with zero attached hydrogens (tertiary/aromatic N) is 1. The molecule has 0 radical (unpaired) electrons. The van der Waals surface area contributed by atoms with Crippen molar-refractivity contribution in [2.75, 3.05) is 7.11 Å². The molecule has 1 aliphatic rings. The first-order valence-electron chi connectivity index (χ1n) is 6.88. The van der Waals surface area contributed by atoms with Crippen LogP contribution in [0, 0.1) is 0 Å². The Hall–Kier alpha value is -1.45. The first kappa shape index (κ1) is 12.6. The van der Waals surface area contributed by atoms with Gasteiger partial charge in [0.05, 0.1) is 11.1 Å². The molecule has 3 heteroatoms. The van der Waals surface area contributed by atoms with E-state index in [9.17, 15) is 0 Å². The van der Waals surface area contributed by atoms with E-state index in [0.29, 0.717) is 0 Å². The van der Waals surface area contributed by atoms with Gasteiger partial charge >= 0.3 is 0 Å². The second kappa shape index (κ2) is 4.91. The number of pyridine rings is 1. The molecule has 1 aromatic carbocycles. The van der Waals surface area contributed by atoms with Crippen LogP contribution in [0.2, 0.25) is 0 Å². The van der Waals surface area contributed by atoms with E-state index < -0.39 is 0 Å². The molecule has 1 aromatic heterocycles. The van der Waals surface area contributed by atoms with Crippen molar-refractivity contribution in [3.05, 3.63) is 42.1 Å². The zero-order chi connectivity index (χ0) is 13.3. The Bertz CT molecular complexity index is 567. The van der Waals surface area contributed by atoms with Crippen LogP contribution >= 0.6 is 0 Å². The van der Waals surface area contributed by atoms with E-state index in [-0.39, 0.29) is 11.6 Å². The van der Waals surface area contributed by atoms with Crippen molar-refractivity contribution in [1.29, 1.82) is 0 Å². The van der Waals surface area contributed by atoms with E-state index in [1.807, 2.05) is 24.4 Å². The number of rotatable bonds is 4. The molecule has 1 atom stereocenters. The van der Waals surface area contributed by atoms with E-state index in [1.165, 1.54) is 12.0 Å². The summed E-state index contributed by atoms with van der Waals surface area (Å²) >= 11 is 0. The third kappa shape index (κ3) is 2.24. The molecular weight excluding hydrogens is 236 g/mol. The Morgan fingerprint density at radius 3 is 2.84 bits per heavy atom. The molecule has 0 bridgehead atoms. The number of ether oxygens (including phenoxy) is 1. The summed E-state index contributed by atoms with van der Waals surface area (Å²) in [4.78, 5) is 4.39. The largest absolute Gasteiger partial charge is 0.378 e.